The molecule has 8 nitrogen and oxygen atoms in total. The lowest BCUT2D eigenvalue weighted by Gasteiger charge is -2.26. The first-order valence-electron chi connectivity index (χ1n) is 9.83. The number of aryl methyl sites for hydroxylation is 2. The zero-order valence-electron chi connectivity index (χ0n) is 17.1. The number of nitrogens with zero attached hydrogens (tertiary/aromatic N) is 1. The van der Waals surface area contributed by atoms with Crippen LogP contribution < -0.4 is 15.4 Å². The number of ether oxygens (including phenoxy) is 1. The van der Waals surface area contributed by atoms with E-state index in [0.29, 0.717) is 29.7 Å². The number of hydrogen-bond donors (Lipinski definition) is 2. The third kappa shape index (κ3) is 4.00. The fourth-order valence-electron chi connectivity index (χ4n) is 3.81. The molecule has 2 aliphatic heterocycles. The maximum Gasteiger partial charge on any atom is 0.262 e. The van der Waals surface area contributed by atoms with Crippen molar-refractivity contribution >= 4 is 33.2 Å². The van der Waals surface area contributed by atoms with E-state index in [0.717, 1.165) is 0 Å². The van der Waals surface area contributed by atoms with Gasteiger partial charge >= 0.3 is 0 Å². The second-order valence-corrected chi connectivity index (χ2v) is 9.54. The molecule has 10 heteroatoms. The average molecular weight is 447 g/mol. The molecule has 1 fully saturated rings. The van der Waals surface area contributed by atoms with Gasteiger partial charge in [-0.15, -0.1) is 0 Å². The molecule has 0 aromatic heterocycles. The molecule has 164 valence electrons. The first kappa shape index (κ1) is 21.3. The summed E-state index contributed by atoms with van der Waals surface area (Å²) in [4.78, 5) is 24.4. The van der Waals surface area contributed by atoms with Crippen molar-refractivity contribution < 1.29 is 27.1 Å². The maximum absolute atomic E-state index is 13.8. The Morgan fingerprint density at radius 3 is 2.74 bits per heavy atom. The van der Waals surface area contributed by atoms with E-state index >= 15 is 0 Å². The molecule has 1 saturated heterocycles. The number of hydrogen-bond acceptors (Lipinski definition) is 5. The number of fused-ring (bicyclic) bond motifs is 1. The number of amides is 2. The third-order valence-corrected chi connectivity index (χ3v) is 7.49. The Bertz CT molecular complexity index is 1180. The van der Waals surface area contributed by atoms with E-state index in [1.54, 1.807) is 32.0 Å². The number of halogens is 1. The molecular formula is C21H22FN3O5S. The number of anilines is 2. The Morgan fingerprint density at radius 2 is 2.00 bits per heavy atom. The smallest absolute Gasteiger partial charge is 0.262 e. The minimum absolute atomic E-state index is 0.0171. The summed E-state index contributed by atoms with van der Waals surface area (Å²) in [6.45, 7) is 3.23. The zero-order valence-corrected chi connectivity index (χ0v) is 17.9. The van der Waals surface area contributed by atoms with Crippen LogP contribution in [-0.2, 0) is 19.6 Å². The quantitative estimate of drug-likeness (QED) is 0.750. The maximum atomic E-state index is 13.8. The SMILES string of the molecule is Cc1ccc(NC(=O)C2CCCN2S(=O)(=O)c2cc3c(cc2C)NC(=O)CO3)cc1F. The molecule has 2 heterocycles. The van der Waals surface area contributed by atoms with Crippen molar-refractivity contribution in [1.29, 1.82) is 0 Å². The summed E-state index contributed by atoms with van der Waals surface area (Å²) in [5, 5.41) is 5.26. The first-order chi connectivity index (χ1) is 14.7. The molecule has 2 aliphatic rings. The first-order valence-corrected chi connectivity index (χ1v) is 11.3. The van der Waals surface area contributed by atoms with Crippen molar-refractivity contribution in [3.63, 3.8) is 0 Å². The summed E-state index contributed by atoms with van der Waals surface area (Å²) in [5.74, 6) is -1.01. The van der Waals surface area contributed by atoms with Gasteiger partial charge in [-0.25, -0.2) is 12.8 Å². The molecule has 4 rings (SSSR count). The molecule has 2 N–H and O–H groups in total. The molecule has 2 amide bonds. The highest BCUT2D eigenvalue weighted by Crippen LogP contribution is 2.36. The summed E-state index contributed by atoms with van der Waals surface area (Å²) in [6.07, 6.45) is 0.881. The molecule has 1 unspecified atom stereocenters. The molecule has 0 saturated carbocycles. The topological polar surface area (TPSA) is 105 Å². The summed E-state index contributed by atoms with van der Waals surface area (Å²) in [5.41, 5.74) is 1.55. The number of carbonyl (C=O) groups excluding carboxylic acids is 2. The van der Waals surface area contributed by atoms with Crippen LogP contribution in [0, 0.1) is 19.7 Å². The lowest BCUT2D eigenvalue weighted by atomic mass is 10.2. The molecule has 0 bridgehead atoms. The van der Waals surface area contributed by atoms with Gasteiger partial charge < -0.3 is 15.4 Å². The number of carbonyl (C=O) groups is 2. The predicted molar refractivity (Wildman–Crippen MR) is 112 cm³/mol. The molecule has 0 spiro atoms. The number of sulfonamides is 1. The minimum Gasteiger partial charge on any atom is -0.482 e. The van der Waals surface area contributed by atoms with Gasteiger partial charge in [0.2, 0.25) is 15.9 Å². The van der Waals surface area contributed by atoms with E-state index < -0.39 is 27.8 Å². The lowest BCUT2D eigenvalue weighted by Crippen LogP contribution is -2.43. The lowest BCUT2D eigenvalue weighted by molar-refractivity contribution is -0.119. The van der Waals surface area contributed by atoms with E-state index in [4.69, 9.17) is 4.74 Å². The predicted octanol–water partition coefficient (Wildman–Crippen LogP) is 2.57. The van der Waals surface area contributed by atoms with Gasteiger partial charge in [0, 0.05) is 18.3 Å². The summed E-state index contributed by atoms with van der Waals surface area (Å²) < 4.78 is 47.2. The van der Waals surface area contributed by atoms with Crippen molar-refractivity contribution in [2.45, 2.75) is 37.6 Å². The van der Waals surface area contributed by atoms with Gasteiger partial charge in [-0.3, -0.25) is 9.59 Å². The third-order valence-electron chi connectivity index (χ3n) is 5.44. The zero-order chi connectivity index (χ0) is 22.3. The number of rotatable bonds is 4. The van der Waals surface area contributed by atoms with Crippen LogP contribution >= 0.6 is 0 Å². The van der Waals surface area contributed by atoms with E-state index in [-0.39, 0.29) is 35.4 Å². The van der Waals surface area contributed by atoms with Crippen LogP contribution in [0.15, 0.2) is 35.2 Å². The van der Waals surface area contributed by atoms with Crippen LogP contribution in [0.5, 0.6) is 5.75 Å². The highest BCUT2D eigenvalue weighted by atomic mass is 32.2. The second kappa shape index (κ2) is 7.93. The fourth-order valence-corrected chi connectivity index (χ4v) is 5.69. The van der Waals surface area contributed by atoms with Crippen LogP contribution in [0.3, 0.4) is 0 Å². The molecule has 0 aliphatic carbocycles. The van der Waals surface area contributed by atoms with Crippen LogP contribution in [-0.4, -0.2) is 43.7 Å². The average Bonchev–Trinajstić information content (AvgIpc) is 3.21. The van der Waals surface area contributed by atoms with Crippen molar-refractivity contribution in [2.75, 3.05) is 23.8 Å². The molecule has 2 aromatic rings. The van der Waals surface area contributed by atoms with Crippen molar-refractivity contribution in [1.82, 2.24) is 4.31 Å². The Balaban J connectivity index is 1.61. The van der Waals surface area contributed by atoms with Crippen molar-refractivity contribution in [2.24, 2.45) is 0 Å². The van der Waals surface area contributed by atoms with Crippen LogP contribution in [0.4, 0.5) is 15.8 Å². The van der Waals surface area contributed by atoms with Gasteiger partial charge in [0.05, 0.1) is 10.6 Å². The Hall–Kier alpha value is -2.98. The minimum atomic E-state index is -4.01. The standard InChI is InChI=1S/C21H22FN3O5S/c1-12-5-6-14(9-15(12)22)23-21(27)17-4-3-7-25(17)31(28,29)19-10-18-16(8-13(19)2)24-20(26)11-30-18/h5-6,8-10,17H,3-4,7,11H2,1-2H3,(H,23,27)(H,24,26). The second-order valence-electron chi connectivity index (χ2n) is 7.68. The molecule has 0 radical (unpaired) electrons. The highest BCUT2D eigenvalue weighted by molar-refractivity contribution is 7.89. The van der Waals surface area contributed by atoms with Crippen LogP contribution in [0.2, 0.25) is 0 Å². The van der Waals surface area contributed by atoms with Gasteiger partial charge in [0.25, 0.3) is 5.91 Å². The molecular weight excluding hydrogens is 425 g/mol. The molecule has 2 aromatic carbocycles. The number of nitrogens with one attached hydrogen (secondary N) is 2. The normalized spacial score (nSPS) is 18.8. The van der Waals surface area contributed by atoms with Gasteiger partial charge in [0.15, 0.2) is 6.61 Å². The van der Waals surface area contributed by atoms with Crippen molar-refractivity contribution in [3.8, 4) is 5.75 Å². The molecule has 1 atom stereocenters. The van der Waals surface area contributed by atoms with Gasteiger partial charge in [0.1, 0.15) is 17.6 Å². The van der Waals surface area contributed by atoms with Gasteiger partial charge in [-0.05, 0) is 56.0 Å². The fraction of sp³-hybridized carbons (Fsp3) is 0.333. The van der Waals surface area contributed by atoms with Crippen LogP contribution in [0.25, 0.3) is 0 Å². The summed E-state index contributed by atoms with van der Waals surface area (Å²) in [7, 11) is -4.01. The Morgan fingerprint density at radius 1 is 1.23 bits per heavy atom. The highest BCUT2D eigenvalue weighted by Gasteiger charge is 2.40. The Labute approximate surface area is 179 Å². The van der Waals surface area contributed by atoms with Gasteiger partial charge in [-0.2, -0.15) is 4.31 Å². The van der Waals surface area contributed by atoms with E-state index in [9.17, 15) is 22.4 Å². The Kier molecular flexibility index (Phi) is 5.44. The van der Waals surface area contributed by atoms with Crippen molar-refractivity contribution in [3.05, 3.63) is 47.3 Å². The van der Waals surface area contributed by atoms with E-state index in [1.807, 2.05) is 0 Å². The molecule has 31 heavy (non-hydrogen) atoms. The summed E-state index contributed by atoms with van der Waals surface area (Å²) in [6, 6.07) is 6.33. The van der Waals surface area contributed by atoms with E-state index in [1.165, 1.54) is 16.4 Å². The summed E-state index contributed by atoms with van der Waals surface area (Å²) >= 11 is 0. The monoisotopic (exact) mass is 447 g/mol. The largest absolute Gasteiger partial charge is 0.482 e. The van der Waals surface area contributed by atoms with E-state index in [2.05, 4.69) is 10.6 Å². The van der Waals surface area contributed by atoms with Gasteiger partial charge in [-0.1, -0.05) is 6.07 Å². The number of benzene rings is 2. The van der Waals surface area contributed by atoms with Crippen LogP contribution in [0.1, 0.15) is 24.0 Å².